The summed E-state index contributed by atoms with van der Waals surface area (Å²) in [6, 6.07) is 23.2. The van der Waals surface area contributed by atoms with Gasteiger partial charge in [0.25, 0.3) is 5.56 Å². The number of methoxy groups -OCH3 is 1. The van der Waals surface area contributed by atoms with Crippen LogP contribution in [0.1, 0.15) is 17.4 Å². The number of ether oxygens (including phenoxy) is 1. The molecule has 0 saturated carbocycles. The van der Waals surface area contributed by atoms with Gasteiger partial charge in [-0.25, -0.2) is 9.98 Å². The molecule has 31 heavy (non-hydrogen) atoms. The van der Waals surface area contributed by atoms with Crippen LogP contribution in [0.2, 0.25) is 0 Å². The number of guanidine groups is 1. The predicted octanol–water partition coefficient (Wildman–Crippen LogP) is 4.15. The first-order valence-electron chi connectivity index (χ1n) is 9.96. The van der Waals surface area contributed by atoms with E-state index in [0.29, 0.717) is 17.6 Å². The van der Waals surface area contributed by atoms with Crippen LogP contribution in [0.3, 0.4) is 0 Å². The molecule has 7 nitrogen and oxygen atoms in total. The van der Waals surface area contributed by atoms with Gasteiger partial charge in [0, 0.05) is 23.0 Å². The van der Waals surface area contributed by atoms with E-state index in [0.717, 1.165) is 27.8 Å². The van der Waals surface area contributed by atoms with E-state index in [4.69, 9.17) is 9.73 Å². The van der Waals surface area contributed by atoms with Gasteiger partial charge in [-0.05, 0) is 42.0 Å². The van der Waals surface area contributed by atoms with Crippen molar-refractivity contribution in [3.8, 4) is 5.75 Å². The van der Waals surface area contributed by atoms with Gasteiger partial charge >= 0.3 is 0 Å². The van der Waals surface area contributed by atoms with Crippen molar-refractivity contribution < 1.29 is 4.74 Å². The lowest BCUT2D eigenvalue weighted by Crippen LogP contribution is -2.37. The zero-order valence-electron chi connectivity index (χ0n) is 17.2. The van der Waals surface area contributed by atoms with Crippen LogP contribution in [-0.2, 0) is 0 Å². The Morgan fingerprint density at radius 3 is 2.61 bits per heavy atom. The molecule has 0 fully saturated rings. The van der Waals surface area contributed by atoms with Crippen LogP contribution >= 0.6 is 0 Å². The summed E-state index contributed by atoms with van der Waals surface area (Å²) < 4.78 is 6.82. The standard InChI is InChI=1S/C24H21N5O2/c1-15-14-21(30)29-22(20-9-5-7-16-6-3-4-8-19(16)20)27-23(28-24(29)25-15)26-17-10-12-18(31-2)13-11-17/h3-14,22H,1-2H3,(H2,25,26,27,28)/t22-/m0/s1. The second kappa shape index (κ2) is 7.60. The van der Waals surface area contributed by atoms with Gasteiger partial charge in [0.2, 0.25) is 11.9 Å². The molecule has 0 radical (unpaired) electrons. The van der Waals surface area contributed by atoms with Crippen LogP contribution in [0, 0.1) is 6.92 Å². The molecule has 1 aromatic heterocycles. The highest BCUT2D eigenvalue weighted by Gasteiger charge is 2.26. The Hall–Kier alpha value is -4.13. The molecule has 5 rings (SSSR count). The number of anilines is 2. The molecule has 0 spiro atoms. The first-order valence-corrected chi connectivity index (χ1v) is 9.96. The van der Waals surface area contributed by atoms with Crippen molar-refractivity contribution in [3.05, 3.63) is 94.4 Å². The lowest BCUT2D eigenvalue weighted by Gasteiger charge is -2.27. The number of aromatic nitrogens is 2. The lowest BCUT2D eigenvalue weighted by molar-refractivity contribution is 0.415. The van der Waals surface area contributed by atoms with Crippen LogP contribution in [0.25, 0.3) is 10.8 Å². The number of aryl methyl sites for hydroxylation is 1. The maximum Gasteiger partial charge on any atom is 0.257 e. The normalized spacial score (nSPS) is 15.0. The fraction of sp³-hybridized carbons (Fsp3) is 0.125. The van der Waals surface area contributed by atoms with Gasteiger partial charge in [-0.1, -0.05) is 42.5 Å². The molecule has 1 aliphatic rings. The van der Waals surface area contributed by atoms with Crippen LogP contribution in [-0.4, -0.2) is 22.6 Å². The van der Waals surface area contributed by atoms with Gasteiger partial charge in [-0.2, -0.15) is 0 Å². The van der Waals surface area contributed by atoms with Crippen LogP contribution in [0.4, 0.5) is 11.6 Å². The summed E-state index contributed by atoms with van der Waals surface area (Å²) in [5.74, 6) is 1.74. The Bertz CT molecular complexity index is 1350. The smallest absolute Gasteiger partial charge is 0.257 e. The summed E-state index contributed by atoms with van der Waals surface area (Å²) in [7, 11) is 1.63. The summed E-state index contributed by atoms with van der Waals surface area (Å²) in [6.45, 7) is 1.80. The number of nitrogens with one attached hydrogen (secondary N) is 2. The Kier molecular flexibility index (Phi) is 4.63. The van der Waals surface area contributed by atoms with Gasteiger partial charge in [-0.15, -0.1) is 0 Å². The summed E-state index contributed by atoms with van der Waals surface area (Å²) in [5.41, 5.74) is 2.26. The van der Waals surface area contributed by atoms with Crippen molar-refractivity contribution in [3.63, 3.8) is 0 Å². The third-order valence-corrected chi connectivity index (χ3v) is 5.26. The molecule has 2 N–H and O–H groups in total. The average Bonchev–Trinajstić information content (AvgIpc) is 2.78. The third kappa shape index (κ3) is 3.50. The minimum Gasteiger partial charge on any atom is -0.497 e. The summed E-state index contributed by atoms with van der Waals surface area (Å²) >= 11 is 0. The van der Waals surface area contributed by atoms with Crippen molar-refractivity contribution in [2.75, 3.05) is 17.7 Å². The van der Waals surface area contributed by atoms with Gasteiger partial charge in [0.1, 0.15) is 5.75 Å². The van der Waals surface area contributed by atoms with E-state index in [2.05, 4.69) is 27.8 Å². The SMILES string of the molecule is COc1ccc(NC2=N[C@H](c3cccc4ccccc34)n3c(nc(C)cc3=O)N2)cc1. The molecule has 0 bridgehead atoms. The van der Waals surface area contributed by atoms with Gasteiger partial charge in [-0.3, -0.25) is 14.7 Å². The molecular weight excluding hydrogens is 390 g/mol. The van der Waals surface area contributed by atoms with Crippen LogP contribution in [0.15, 0.2) is 82.6 Å². The second-order valence-corrected chi connectivity index (χ2v) is 7.33. The third-order valence-electron chi connectivity index (χ3n) is 5.26. The summed E-state index contributed by atoms with van der Waals surface area (Å²) in [4.78, 5) is 22.3. The topological polar surface area (TPSA) is 80.5 Å². The zero-order valence-corrected chi connectivity index (χ0v) is 17.2. The number of hydrogen-bond acceptors (Lipinski definition) is 6. The van der Waals surface area contributed by atoms with Gasteiger partial charge in [0.15, 0.2) is 6.17 Å². The van der Waals surface area contributed by atoms with Crippen molar-refractivity contribution in [1.82, 2.24) is 9.55 Å². The maximum absolute atomic E-state index is 12.9. The number of hydrogen-bond donors (Lipinski definition) is 2. The minimum atomic E-state index is -0.552. The zero-order chi connectivity index (χ0) is 21.4. The number of fused-ring (bicyclic) bond motifs is 2. The van der Waals surface area contributed by atoms with E-state index >= 15 is 0 Å². The Balaban J connectivity index is 1.64. The minimum absolute atomic E-state index is 0.153. The van der Waals surface area contributed by atoms with E-state index in [-0.39, 0.29) is 5.56 Å². The highest BCUT2D eigenvalue weighted by molar-refractivity contribution is 6.03. The molecule has 0 amide bonds. The molecule has 0 saturated heterocycles. The Morgan fingerprint density at radius 1 is 1.03 bits per heavy atom. The molecular formula is C24H21N5O2. The van der Waals surface area contributed by atoms with Crippen molar-refractivity contribution >= 4 is 28.4 Å². The predicted molar refractivity (Wildman–Crippen MR) is 123 cm³/mol. The Labute approximate surface area is 179 Å². The molecule has 1 atom stereocenters. The van der Waals surface area contributed by atoms with E-state index in [9.17, 15) is 4.79 Å². The highest BCUT2D eigenvalue weighted by Crippen LogP contribution is 2.31. The quantitative estimate of drug-likeness (QED) is 0.529. The summed E-state index contributed by atoms with van der Waals surface area (Å²) in [5, 5.41) is 8.59. The average molecular weight is 411 g/mol. The molecule has 154 valence electrons. The second-order valence-electron chi connectivity index (χ2n) is 7.33. The molecule has 0 unspecified atom stereocenters. The number of nitrogens with zero attached hydrogens (tertiary/aromatic N) is 3. The van der Waals surface area contributed by atoms with Crippen LogP contribution in [0.5, 0.6) is 5.75 Å². The fourth-order valence-electron chi connectivity index (χ4n) is 3.81. The largest absolute Gasteiger partial charge is 0.497 e. The van der Waals surface area contributed by atoms with Gasteiger partial charge in [0.05, 0.1) is 7.11 Å². The fourth-order valence-corrected chi connectivity index (χ4v) is 3.81. The highest BCUT2D eigenvalue weighted by atomic mass is 16.5. The van der Waals surface area contributed by atoms with E-state index in [1.54, 1.807) is 18.6 Å². The van der Waals surface area contributed by atoms with Crippen LogP contribution < -0.4 is 20.9 Å². The van der Waals surface area contributed by atoms with E-state index in [1.165, 1.54) is 6.07 Å². The monoisotopic (exact) mass is 411 g/mol. The van der Waals surface area contributed by atoms with Crippen molar-refractivity contribution in [2.24, 2.45) is 4.99 Å². The maximum atomic E-state index is 12.9. The molecule has 4 aromatic rings. The molecule has 7 heteroatoms. The van der Waals surface area contributed by atoms with E-state index in [1.807, 2.05) is 54.6 Å². The molecule has 0 aliphatic carbocycles. The van der Waals surface area contributed by atoms with E-state index < -0.39 is 6.17 Å². The number of benzene rings is 3. The molecule has 3 aromatic carbocycles. The lowest BCUT2D eigenvalue weighted by atomic mass is 10.0. The molecule has 1 aliphatic heterocycles. The number of rotatable bonds is 3. The molecule has 2 heterocycles. The first kappa shape index (κ1) is 18.9. The van der Waals surface area contributed by atoms with Gasteiger partial charge < -0.3 is 10.1 Å². The Morgan fingerprint density at radius 2 is 1.81 bits per heavy atom. The summed E-state index contributed by atoms with van der Waals surface area (Å²) in [6.07, 6.45) is -0.552. The van der Waals surface area contributed by atoms with Crippen molar-refractivity contribution in [2.45, 2.75) is 13.1 Å². The van der Waals surface area contributed by atoms with Crippen molar-refractivity contribution in [1.29, 1.82) is 0 Å². The first-order chi connectivity index (χ1) is 15.1. The number of aliphatic imine (C=N–C) groups is 1.